The molecule has 106 valence electrons. The molecule has 0 radical (unpaired) electrons. The smallest absolute Gasteiger partial charge is 0.306 e. The largest absolute Gasteiger partial charge is 0.508 e. The topological polar surface area (TPSA) is 83.5 Å². The van der Waals surface area contributed by atoms with Crippen LogP contribution in [0.1, 0.15) is 37.7 Å². The summed E-state index contributed by atoms with van der Waals surface area (Å²) in [5.41, 5.74) is 6.12. The van der Waals surface area contributed by atoms with Gasteiger partial charge >= 0.3 is 5.97 Å². The highest BCUT2D eigenvalue weighted by Gasteiger charge is 2.18. The van der Waals surface area contributed by atoms with Crippen LogP contribution in [0.2, 0.25) is 0 Å². The lowest BCUT2D eigenvalue weighted by Crippen LogP contribution is -2.16. The van der Waals surface area contributed by atoms with Gasteiger partial charge in [0, 0.05) is 0 Å². The third-order valence-corrected chi connectivity index (χ3v) is 3.31. The Labute approximate surface area is 114 Å². The highest BCUT2D eigenvalue weighted by Crippen LogP contribution is 2.23. The van der Waals surface area contributed by atoms with Crippen molar-refractivity contribution < 1.29 is 15.0 Å². The van der Waals surface area contributed by atoms with Gasteiger partial charge in [-0.1, -0.05) is 37.5 Å². The maximum atomic E-state index is 11.2. The molecule has 0 saturated heterocycles. The van der Waals surface area contributed by atoms with Crippen molar-refractivity contribution in [2.75, 3.05) is 6.54 Å². The summed E-state index contributed by atoms with van der Waals surface area (Å²) in [6.45, 7) is 0.695. The summed E-state index contributed by atoms with van der Waals surface area (Å²) >= 11 is 0. The number of aromatic hydroxyl groups is 1. The molecule has 0 amide bonds. The molecule has 0 heterocycles. The fourth-order valence-corrected chi connectivity index (χ4v) is 2.15. The predicted octanol–water partition coefficient (Wildman–Crippen LogP) is 2.54. The van der Waals surface area contributed by atoms with E-state index in [4.69, 9.17) is 5.73 Å². The van der Waals surface area contributed by atoms with Gasteiger partial charge in [0.05, 0.1) is 5.92 Å². The molecule has 0 fully saturated rings. The third-order valence-electron chi connectivity index (χ3n) is 3.31. The first kappa shape index (κ1) is 15.5. The number of phenols is 1. The van der Waals surface area contributed by atoms with Gasteiger partial charge in [-0.15, -0.1) is 0 Å². The lowest BCUT2D eigenvalue weighted by atomic mass is 9.93. The SMILES string of the molecule is NCCCCCCC(Cc1ccccc1O)C(=O)O. The van der Waals surface area contributed by atoms with Crippen molar-refractivity contribution in [3.05, 3.63) is 29.8 Å². The van der Waals surface area contributed by atoms with Crippen molar-refractivity contribution in [3.63, 3.8) is 0 Å². The number of unbranched alkanes of at least 4 members (excludes halogenated alkanes) is 3. The van der Waals surface area contributed by atoms with E-state index in [-0.39, 0.29) is 5.75 Å². The molecule has 19 heavy (non-hydrogen) atoms. The number of nitrogens with two attached hydrogens (primary N) is 1. The number of phenolic OH excluding ortho intramolecular Hbond substituents is 1. The summed E-state index contributed by atoms with van der Waals surface area (Å²) in [6.07, 6.45) is 5.00. The summed E-state index contributed by atoms with van der Waals surface area (Å²) in [4.78, 5) is 11.2. The maximum absolute atomic E-state index is 11.2. The van der Waals surface area contributed by atoms with E-state index in [1.54, 1.807) is 18.2 Å². The average molecular weight is 265 g/mol. The summed E-state index contributed by atoms with van der Waals surface area (Å²) in [6, 6.07) is 6.92. The van der Waals surface area contributed by atoms with Crippen LogP contribution in [0.15, 0.2) is 24.3 Å². The molecule has 0 aliphatic carbocycles. The van der Waals surface area contributed by atoms with Crippen molar-refractivity contribution in [1.29, 1.82) is 0 Å². The van der Waals surface area contributed by atoms with Crippen LogP contribution in [0.3, 0.4) is 0 Å². The number of para-hydroxylation sites is 1. The van der Waals surface area contributed by atoms with E-state index in [2.05, 4.69) is 0 Å². The van der Waals surface area contributed by atoms with Crippen molar-refractivity contribution >= 4 is 5.97 Å². The zero-order valence-electron chi connectivity index (χ0n) is 11.2. The monoisotopic (exact) mass is 265 g/mol. The first-order valence-corrected chi connectivity index (χ1v) is 6.85. The Morgan fingerprint density at radius 3 is 2.47 bits per heavy atom. The molecule has 0 aliphatic heterocycles. The van der Waals surface area contributed by atoms with Crippen molar-refractivity contribution in [3.8, 4) is 5.75 Å². The molecular weight excluding hydrogens is 242 g/mol. The highest BCUT2D eigenvalue weighted by molar-refractivity contribution is 5.70. The number of carboxylic acids is 1. The Kier molecular flexibility index (Phi) is 6.97. The molecule has 0 spiro atoms. The molecule has 1 unspecified atom stereocenters. The standard InChI is InChI=1S/C15H23NO3/c16-10-6-2-1-3-8-13(15(18)19)11-12-7-4-5-9-14(12)17/h4-5,7,9,13,17H,1-3,6,8,10-11,16H2,(H,18,19). The Hall–Kier alpha value is -1.55. The van der Waals surface area contributed by atoms with Gasteiger partial charge in [0.25, 0.3) is 0 Å². The summed E-state index contributed by atoms with van der Waals surface area (Å²) < 4.78 is 0. The van der Waals surface area contributed by atoms with Gasteiger partial charge < -0.3 is 15.9 Å². The first-order chi connectivity index (χ1) is 9.15. The van der Waals surface area contributed by atoms with Crippen LogP contribution in [0.5, 0.6) is 5.75 Å². The van der Waals surface area contributed by atoms with Gasteiger partial charge in [-0.3, -0.25) is 4.79 Å². The maximum Gasteiger partial charge on any atom is 0.306 e. The quantitative estimate of drug-likeness (QED) is 0.599. The average Bonchev–Trinajstić information content (AvgIpc) is 2.39. The second-order valence-electron chi connectivity index (χ2n) is 4.86. The van der Waals surface area contributed by atoms with Gasteiger partial charge in [0.1, 0.15) is 5.75 Å². The number of hydrogen-bond donors (Lipinski definition) is 3. The molecule has 0 bridgehead atoms. The van der Waals surface area contributed by atoms with Gasteiger partial charge in [0.2, 0.25) is 0 Å². The lowest BCUT2D eigenvalue weighted by Gasteiger charge is -2.13. The van der Waals surface area contributed by atoms with Gasteiger partial charge in [-0.05, 0) is 37.4 Å². The number of aliphatic carboxylic acids is 1. The molecule has 1 rings (SSSR count). The molecular formula is C15H23NO3. The van der Waals surface area contributed by atoms with Crippen LogP contribution in [-0.4, -0.2) is 22.7 Å². The summed E-state index contributed by atoms with van der Waals surface area (Å²) in [5, 5.41) is 18.9. The van der Waals surface area contributed by atoms with Crippen LogP contribution in [-0.2, 0) is 11.2 Å². The van der Waals surface area contributed by atoms with E-state index < -0.39 is 11.9 Å². The van der Waals surface area contributed by atoms with E-state index in [9.17, 15) is 15.0 Å². The highest BCUT2D eigenvalue weighted by atomic mass is 16.4. The fourth-order valence-electron chi connectivity index (χ4n) is 2.15. The van der Waals surface area contributed by atoms with E-state index >= 15 is 0 Å². The molecule has 4 N–H and O–H groups in total. The van der Waals surface area contributed by atoms with Gasteiger partial charge in [-0.2, -0.15) is 0 Å². The molecule has 0 aliphatic rings. The molecule has 1 aromatic carbocycles. The minimum atomic E-state index is -0.790. The second kappa shape index (κ2) is 8.53. The Balaban J connectivity index is 2.45. The van der Waals surface area contributed by atoms with E-state index in [0.717, 1.165) is 25.7 Å². The number of carbonyl (C=O) groups is 1. The van der Waals surface area contributed by atoms with E-state index in [1.165, 1.54) is 0 Å². The Morgan fingerprint density at radius 2 is 1.84 bits per heavy atom. The minimum absolute atomic E-state index is 0.178. The molecule has 4 heteroatoms. The van der Waals surface area contributed by atoms with Crippen molar-refractivity contribution in [2.24, 2.45) is 11.7 Å². The number of carboxylic acid groups (broad SMARTS) is 1. The molecule has 1 aromatic rings. The molecule has 0 saturated carbocycles. The molecule has 0 aromatic heterocycles. The van der Waals surface area contributed by atoms with E-state index in [1.807, 2.05) is 6.07 Å². The first-order valence-electron chi connectivity index (χ1n) is 6.85. The summed E-state index contributed by atoms with van der Waals surface area (Å²) in [5.74, 6) is -1.04. The second-order valence-corrected chi connectivity index (χ2v) is 4.86. The predicted molar refractivity (Wildman–Crippen MR) is 75.1 cm³/mol. The van der Waals surface area contributed by atoms with Gasteiger partial charge in [-0.25, -0.2) is 0 Å². The zero-order chi connectivity index (χ0) is 14.1. The minimum Gasteiger partial charge on any atom is -0.508 e. The van der Waals surface area contributed by atoms with Crippen LogP contribution in [0.4, 0.5) is 0 Å². The third kappa shape index (κ3) is 5.75. The lowest BCUT2D eigenvalue weighted by molar-refractivity contribution is -0.142. The zero-order valence-corrected chi connectivity index (χ0v) is 11.2. The molecule has 4 nitrogen and oxygen atoms in total. The Morgan fingerprint density at radius 1 is 1.16 bits per heavy atom. The number of rotatable bonds is 9. The fraction of sp³-hybridized carbons (Fsp3) is 0.533. The van der Waals surface area contributed by atoms with Crippen LogP contribution < -0.4 is 5.73 Å². The van der Waals surface area contributed by atoms with Crippen molar-refractivity contribution in [2.45, 2.75) is 38.5 Å². The van der Waals surface area contributed by atoms with Crippen LogP contribution in [0, 0.1) is 5.92 Å². The normalized spacial score (nSPS) is 12.3. The number of benzene rings is 1. The molecule has 1 atom stereocenters. The van der Waals surface area contributed by atoms with Gasteiger partial charge in [0.15, 0.2) is 0 Å². The van der Waals surface area contributed by atoms with Crippen molar-refractivity contribution in [1.82, 2.24) is 0 Å². The summed E-state index contributed by atoms with van der Waals surface area (Å²) in [7, 11) is 0. The van der Waals surface area contributed by atoms with E-state index in [0.29, 0.717) is 24.9 Å². The Bertz CT molecular complexity index is 393. The van der Waals surface area contributed by atoms with Crippen LogP contribution in [0.25, 0.3) is 0 Å². The van der Waals surface area contributed by atoms with Crippen LogP contribution >= 0.6 is 0 Å². The number of hydrogen-bond acceptors (Lipinski definition) is 3.